The van der Waals surface area contributed by atoms with Gasteiger partial charge in [-0.2, -0.15) is 0 Å². The van der Waals surface area contributed by atoms with Crippen LogP contribution in [0.1, 0.15) is 15.9 Å². The summed E-state index contributed by atoms with van der Waals surface area (Å²) >= 11 is 0. The van der Waals surface area contributed by atoms with Gasteiger partial charge < -0.3 is 16.2 Å². The zero-order chi connectivity index (χ0) is 13.1. The molecule has 0 bridgehead atoms. The van der Waals surface area contributed by atoms with E-state index in [9.17, 15) is 9.90 Å². The minimum Gasteiger partial charge on any atom is -0.505 e. The van der Waals surface area contributed by atoms with Gasteiger partial charge in [0, 0.05) is 5.69 Å². The lowest BCUT2D eigenvalue weighted by Gasteiger charge is -2.08. The van der Waals surface area contributed by atoms with Crippen LogP contribution in [0.4, 0.5) is 11.4 Å². The van der Waals surface area contributed by atoms with Crippen molar-refractivity contribution < 1.29 is 9.90 Å². The van der Waals surface area contributed by atoms with Crippen LogP contribution in [0, 0.1) is 6.92 Å². The first-order valence-electron chi connectivity index (χ1n) is 5.53. The summed E-state index contributed by atoms with van der Waals surface area (Å²) in [5.41, 5.74) is 7.62. The average molecular weight is 242 g/mol. The number of phenolic OH excluding ortho intramolecular Hbond substituents is 1. The lowest BCUT2D eigenvalue weighted by atomic mass is 10.1. The Hall–Kier alpha value is -2.49. The molecule has 92 valence electrons. The highest BCUT2D eigenvalue weighted by Crippen LogP contribution is 2.25. The zero-order valence-corrected chi connectivity index (χ0v) is 9.97. The fourth-order valence-corrected chi connectivity index (χ4v) is 1.67. The van der Waals surface area contributed by atoms with Gasteiger partial charge in [-0.25, -0.2) is 0 Å². The normalized spacial score (nSPS) is 10.1. The minimum absolute atomic E-state index is 0.163. The molecule has 18 heavy (non-hydrogen) atoms. The molecule has 0 atom stereocenters. The number of hydrogen-bond acceptors (Lipinski definition) is 3. The highest BCUT2D eigenvalue weighted by atomic mass is 16.3. The van der Waals surface area contributed by atoms with E-state index in [1.54, 1.807) is 18.2 Å². The molecule has 4 nitrogen and oxygen atoms in total. The van der Waals surface area contributed by atoms with Crippen molar-refractivity contribution in [1.29, 1.82) is 0 Å². The summed E-state index contributed by atoms with van der Waals surface area (Å²) in [6.45, 7) is 1.94. The van der Waals surface area contributed by atoms with Crippen LogP contribution in [0.25, 0.3) is 0 Å². The molecule has 0 radical (unpaired) electrons. The van der Waals surface area contributed by atoms with E-state index < -0.39 is 0 Å². The molecule has 0 saturated carbocycles. The van der Waals surface area contributed by atoms with Crippen LogP contribution in [0.15, 0.2) is 42.5 Å². The second-order valence-electron chi connectivity index (χ2n) is 4.07. The lowest BCUT2D eigenvalue weighted by molar-refractivity contribution is 0.102. The Morgan fingerprint density at radius 1 is 1.22 bits per heavy atom. The van der Waals surface area contributed by atoms with Crippen molar-refractivity contribution >= 4 is 17.3 Å². The summed E-state index contributed by atoms with van der Waals surface area (Å²) in [7, 11) is 0. The van der Waals surface area contributed by atoms with E-state index in [0.717, 1.165) is 5.56 Å². The van der Waals surface area contributed by atoms with Crippen LogP contribution < -0.4 is 11.1 Å². The number of amides is 1. The summed E-state index contributed by atoms with van der Waals surface area (Å²) in [5, 5.41) is 12.4. The van der Waals surface area contributed by atoms with Crippen molar-refractivity contribution in [3.63, 3.8) is 0 Å². The quantitative estimate of drug-likeness (QED) is 0.559. The number of carbonyl (C=O) groups is 1. The van der Waals surface area contributed by atoms with Crippen LogP contribution in [0.2, 0.25) is 0 Å². The van der Waals surface area contributed by atoms with Gasteiger partial charge in [-0.1, -0.05) is 18.2 Å². The third-order valence-electron chi connectivity index (χ3n) is 2.59. The van der Waals surface area contributed by atoms with Gasteiger partial charge in [0.1, 0.15) is 0 Å². The topological polar surface area (TPSA) is 75.4 Å². The van der Waals surface area contributed by atoms with Crippen LogP contribution in [-0.2, 0) is 0 Å². The summed E-state index contributed by atoms with van der Waals surface area (Å²) in [4.78, 5) is 12.0. The van der Waals surface area contributed by atoms with E-state index in [-0.39, 0.29) is 22.9 Å². The summed E-state index contributed by atoms with van der Waals surface area (Å²) in [6.07, 6.45) is 0. The monoisotopic (exact) mass is 242 g/mol. The molecule has 1 amide bonds. The molecule has 2 aromatic rings. The van der Waals surface area contributed by atoms with Crippen molar-refractivity contribution in [3.8, 4) is 5.75 Å². The number of aromatic hydroxyl groups is 1. The Morgan fingerprint density at radius 2 is 1.94 bits per heavy atom. The molecule has 0 aliphatic rings. The highest BCUT2D eigenvalue weighted by Gasteiger charge is 2.12. The summed E-state index contributed by atoms with van der Waals surface area (Å²) in [5.74, 6) is -0.576. The molecule has 0 spiro atoms. The van der Waals surface area contributed by atoms with Gasteiger partial charge in [-0.05, 0) is 36.8 Å². The SMILES string of the molecule is Cc1cccc(NC(=O)c2cccc(N)c2O)c1. The standard InChI is InChI=1S/C14H14N2O2/c1-9-4-2-5-10(8-9)16-14(18)11-6-3-7-12(15)13(11)17/h2-8,17H,15H2,1H3,(H,16,18). The molecule has 4 N–H and O–H groups in total. The van der Waals surface area contributed by atoms with Crippen molar-refractivity contribution in [1.82, 2.24) is 0 Å². The fraction of sp³-hybridized carbons (Fsp3) is 0.0714. The van der Waals surface area contributed by atoms with E-state index in [1.165, 1.54) is 6.07 Å². The summed E-state index contributed by atoms with van der Waals surface area (Å²) in [6, 6.07) is 12.1. The predicted octanol–water partition coefficient (Wildman–Crippen LogP) is 2.54. The van der Waals surface area contributed by atoms with Gasteiger partial charge in [0.2, 0.25) is 0 Å². The Balaban J connectivity index is 2.25. The largest absolute Gasteiger partial charge is 0.505 e. The number of rotatable bonds is 2. The Morgan fingerprint density at radius 3 is 2.67 bits per heavy atom. The average Bonchev–Trinajstić information content (AvgIpc) is 2.32. The Labute approximate surface area is 105 Å². The smallest absolute Gasteiger partial charge is 0.259 e. The number of carbonyl (C=O) groups excluding carboxylic acids is 1. The van der Waals surface area contributed by atoms with E-state index in [0.29, 0.717) is 5.69 Å². The second kappa shape index (κ2) is 4.79. The highest BCUT2D eigenvalue weighted by molar-refractivity contribution is 6.07. The van der Waals surface area contributed by atoms with Crippen molar-refractivity contribution in [2.45, 2.75) is 6.92 Å². The number of para-hydroxylation sites is 1. The Kier molecular flexibility index (Phi) is 3.19. The summed E-state index contributed by atoms with van der Waals surface area (Å²) < 4.78 is 0. The number of benzene rings is 2. The van der Waals surface area contributed by atoms with Crippen LogP contribution in [0.3, 0.4) is 0 Å². The second-order valence-corrected chi connectivity index (χ2v) is 4.07. The van der Waals surface area contributed by atoms with Crippen LogP contribution in [0.5, 0.6) is 5.75 Å². The van der Waals surface area contributed by atoms with E-state index in [4.69, 9.17) is 5.73 Å². The minimum atomic E-state index is -0.384. The number of anilines is 2. The number of nitrogen functional groups attached to an aromatic ring is 1. The molecule has 0 aliphatic carbocycles. The maximum atomic E-state index is 12.0. The molecule has 4 heteroatoms. The molecular formula is C14H14N2O2. The van der Waals surface area contributed by atoms with Gasteiger partial charge in [-0.3, -0.25) is 4.79 Å². The molecule has 0 unspecified atom stereocenters. The number of phenols is 1. The predicted molar refractivity (Wildman–Crippen MR) is 71.7 cm³/mol. The van der Waals surface area contributed by atoms with E-state index in [1.807, 2.05) is 25.1 Å². The number of aryl methyl sites for hydroxylation is 1. The fourth-order valence-electron chi connectivity index (χ4n) is 1.67. The molecule has 0 aliphatic heterocycles. The first-order chi connectivity index (χ1) is 8.58. The number of nitrogens with two attached hydrogens (primary N) is 1. The van der Waals surface area contributed by atoms with Gasteiger partial charge >= 0.3 is 0 Å². The van der Waals surface area contributed by atoms with Crippen molar-refractivity contribution in [2.75, 3.05) is 11.1 Å². The number of hydrogen-bond donors (Lipinski definition) is 3. The Bertz CT molecular complexity index is 594. The first kappa shape index (κ1) is 12.0. The van der Waals surface area contributed by atoms with E-state index >= 15 is 0 Å². The van der Waals surface area contributed by atoms with Gasteiger partial charge in [0.15, 0.2) is 5.75 Å². The number of nitrogens with one attached hydrogen (secondary N) is 1. The van der Waals surface area contributed by atoms with Crippen LogP contribution >= 0.6 is 0 Å². The molecule has 0 heterocycles. The van der Waals surface area contributed by atoms with Crippen molar-refractivity contribution in [3.05, 3.63) is 53.6 Å². The maximum absolute atomic E-state index is 12.0. The van der Waals surface area contributed by atoms with Gasteiger partial charge in [0.05, 0.1) is 11.3 Å². The van der Waals surface area contributed by atoms with Gasteiger partial charge in [0.25, 0.3) is 5.91 Å². The molecule has 2 aromatic carbocycles. The zero-order valence-electron chi connectivity index (χ0n) is 9.97. The van der Waals surface area contributed by atoms with Gasteiger partial charge in [-0.15, -0.1) is 0 Å². The van der Waals surface area contributed by atoms with E-state index in [2.05, 4.69) is 5.32 Å². The van der Waals surface area contributed by atoms with Crippen LogP contribution in [-0.4, -0.2) is 11.0 Å². The molecule has 0 fully saturated rings. The molecule has 2 rings (SSSR count). The van der Waals surface area contributed by atoms with Crippen molar-refractivity contribution in [2.24, 2.45) is 0 Å². The third kappa shape index (κ3) is 2.43. The maximum Gasteiger partial charge on any atom is 0.259 e. The lowest BCUT2D eigenvalue weighted by Crippen LogP contribution is -2.12. The first-order valence-corrected chi connectivity index (χ1v) is 5.53. The molecular weight excluding hydrogens is 228 g/mol. The molecule has 0 aromatic heterocycles. The molecule has 0 saturated heterocycles. The third-order valence-corrected chi connectivity index (χ3v) is 2.59.